The SMILES string of the molecule is CCCCOc1ccc([C@H]2CC[C@H](CC(=O)C3CCC(CC)CC3=O)CC2)cc1. The van der Waals surface area contributed by atoms with Crippen molar-refractivity contribution >= 4 is 11.6 Å². The molecule has 0 bridgehead atoms. The van der Waals surface area contributed by atoms with Crippen LogP contribution in [0.1, 0.15) is 96.0 Å². The number of hydrogen-bond donors (Lipinski definition) is 0. The Bertz CT molecular complexity index is 655. The third-order valence-corrected chi connectivity index (χ3v) is 7.16. The molecule has 0 aliphatic heterocycles. The third-order valence-electron chi connectivity index (χ3n) is 7.16. The monoisotopic (exact) mass is 398 g/mol. The summed E-state index contributed by atoms with van der Waals surface area (Å²) in [7, 11) is 0. The van der Waals surface area contributed by atoms with Gasteiger partial charge in [0.15, 0.2) is 0 Å². The van der Waals surface area contributed by atoms with Crippen LogP contribution in [-0.2, 0) is 9.59 Å². The fourth-order valence-corrected chi connectivity index (χ4v) is 5.08. The van der Waals surface area contributed by atoms with Gasteiger partial charge in [0.2, 0.25) is 0 Å². The highest BCUT2D eigenvalue weighted by molar-refractivity contribution is 6.02. The molecular weight excluding hydrogens is 360 g/mol. The first-order valence-corrected chi connectivity index (χ1v) is 11.9. The van der Waals surface area contributed by atoms with Gasteiger partial charge in [-0.2, -0.15) is 0 Å². The van der Waals surface area contributed by atoms with Crippen LogP contribution in [0.3, 0.4) is 0 Å². The van der Waals surface area contributed by atoms with E-state index < -0.39 is 0 Å². The quantitative estimate of drug-likeness (QED) is 0.352. The second-order valence-corrected chi connectivity index (χ2v) is 9.23. The highest BCUT2D eigenvalue weighted by Gasteiger charge is 2.34. The van der Waals surface area contributed by atoms with E-state index in [4.69, 9.17) is 4.74 Å². The molecule has 3 rings (SSSR count). The van der Waals surface area contributed by atoms with Crippen LogP contribution in [0.25, 0.3) is 0 Å². The van der Waals surface area contributed by atoms with Crippen molar-refractivity contribution in [1.82, 2.24) is 0 Å². The smallest absolute Gasteiger partial charge is 0.143 e. The van der Waals surface area contributed by atoms with Crippen molar-refractivity contribution < 1.29 is 14.3 Å². The number of carbonyl (C=O) groups excluding carboxylic acids is 2. The minimum atomic E-state index is -0.296. The second kappa shape index (κ2) is 10.9. The summed E-state index contributed by atoms with van der Waals surface area (Å²) < 4.78 is 5.76. The van der Waals surface area contributed by atoms with Crippen LogP contribution in [0.5, 0.6) is 5.75 Å². The summed E-state index contributed by atoms with van der Waals surface area (Å²) in [6, 6.07) is 8.61. The van der Waals surface area contributed by atoms with E-state index in [-0.39, 0.29) is 17.5 Å². The Labute approximate surface area is 176 Å². The topological polar surface area (TPSA) is 43.4 Å². The van der Waals surface area contributed by atoms with Crippen LogP contribution in [-0.4, -0.2) is 18.2 Å². The van der Waals surface area contributed by atoms with E-state index in [0.29, 0.717) is 30.6 Å². The van der Waals surface area contributed by atoms with Crippen molar-refractivity contribution in [2.75, 3.05) is 6.61 Å². The molecule has 0 N–H and O–H groups in total. The van der Waals surface area contributed by atoms with Crippen molar-refractivity contribution in [2.45, 2.75) is 90.4 Å². The highest BCUT2D eigenvalue weighted by Crippen LogP contribution is 2.39. The molecule has 2 atom stereocenters. The molecule has 2 saturated carbocycles. The second-order valence-electron chi connectivity index (χ2n) is 9.23. The normalized spacial score (nSPS) is 27.6. The van der Waals surface area contributed by atoms with Crippen LogP contribution in [0.2, 0.25) is 0 Å². The molecule has 2 fully saturated rings. The Morgan fingerprint density at radius 3 is 2.28 bits per heavy atom. The van der Waals surface area contributed by atoms with E-state index in [1.54, 1.807) is 0 Å². The predicted molar refractivity (Wildman–Crippen MR) is 117 cm³/mol. The third kappa shape index (κ3) is 6.17. The van der Waals surface area contributed by atoms with E-state index >= 15 is 0 Å². The number of carbonyl (C=O) groups is 2. The van der Waals surface area contributed by atoms with Crippen molar-refractivity contribution in [1.29, 1.82) is 0 Å². The fourth-order valence-electron chi connectivity index (χ4n) is 5.08. The van der Waals surface area contributed by atoms with Crippen LogP contribution in [0, 0.1) is 17.8 Å². The Kier molecular flexibility index (Phi) is 8.32. The van der Waals surface area contributed by atoms with Gasteiger partial charge in [-0.15, -0.1) is 0 Å². The van der Waals surface area contributed by atoms with Crippen molar-refractivity contribution in [3.8, 4) is 5.75 Å². The molecule has 2 aliphatic carbocycles. The van der Waals surface area contributed by atoms with Gasteiger partial charge < -0.3 is 4.74 Å². The lowest BCUT2D eigenvalue weighted by molar-refractivity contribution is -0.136. The van der Waals surface area contributed by atoms with E-state index in [0.717, 1.165) is 70.1 Å². The van der Waals surface area contributed by atoms with E-state index in [1.165, 1.54) is 5.56 Å². The van der Waals surface area contributed by atoms with Crippen LogP contribution >= 0.6 is 0 Å². The summed E-state index contributed by atoms with van der Waals surface area (Å²) in [6.07, 6.45) is 10.9. The van der Waals surface area contributed by atoms with E-state index in [1.807, 2.05) is 0 Å². The van der Waals surface area contributed by atoms with Gasteiger partial charge in [-0.25, -0.2) is 0 Å². The molecule has 2 unspecified atom stereocenters. The zero-order valence-electron chi connectivity index (χ0n) is 18.3. The Balaban J connectivity index is 1.43. The van der Waals surface area contributed by atoms with Gasteiger partial charge in [0, 0.05) is 12.8 Å². The fraction of sp³-hybridized carbons (Fsp3) is 0.692. The van der Waals surface area contributed by atoms with Gasteiger partial charge in [0.1, 0.15) is 17.3 Å². The first kappa shape index (κ1) is 22.1. The maximum atomic E-state index is 12.7. The maximum Gasteiger partial charge on any atom is 0.143 e. The first-order valence-electron chi connectivity index (χ1n) is 11.9. The van der Waals surface area contributed by atoms with Gasteiger partial charge in [-0.05, 0) is 80.4 Å². The average molecular weight is 399 g/mol. The van der Waals surface area contributed by atoms with Gasteiger partial charge in [-0.1, -0.05) is 38.8 Å². The van der Waals surface area contributed by atoms with Gasteiger partial charge in [0.25, 0.3) is 0 Å². The molecule has 3 nitrogen and oxygen atoms in total. The largest absolute Gasteiger partial charge is 0.494 e. The molecule has 3 heteroatoms. The number of Topliss-reactive ketones (excluding diaryl/α,β-unsaturated/α-hetero) is 2. The van der Waals surface area contributed by atoms with Gasteiger partial charge in [0.05, 0.1) is 12.5 Å². The molecule has 29 heavy (non-hydrogen) atoms. The zero-order valence-corrected chi connectivity index (χ0v) is 18.3. The summed E-state index contributed by atoms with van der Waals surface area (Å²) in [5.74, 6) is 2.66. The number of ether oxygens (including phenoxy) is 1. The standard InChI is InChI=1S/C26H38O3/c1-3-5-16-29-23-13-11-22(12-14-23)21-9-6-20(7-10-21)18-26(28)24-15-8-19(4-2)17-25(24)27/h11-14,19-21,24H,3-10,15-18H2,1-2H3/t19?,20-,21-,24?. The molecular formula is C26H38O3. The van der Waals surface area contributed by atoms with Gasteiger partial charge in [-0.3, -0.25) is 9.59 Å². The van der Waals surface area contributed by atoms with E-state index in [9.17, 15) is 9.59 Å². The molecule has 0 spiro atoms. The first-order chi connectivity index (χ1) is 14.1. The number of unbranched alkanes of at least 4 members (excludes halogenated alkanes) is 1. The zero-order chi connectivity index (χ0) is 20.6. The molecule has 160 valence electrons. The summed E-state index contributed by atoms with van der Waals surface area (Å²) in [5, 5.41) is 0. The Morgan fingerprint density at radius 2 is 1.66 bits per heavy atom. The minimum Gasteiger partial charge on any atom is -0.494 e. The van der Waals surface area contributed by atoms with Crippen LogP contribution in [0.15, 0.2) is 24.3 Å². The number of rotatable bonds is 9. The molecule has 0 saturated heterocycles. The Hall–Kier alpha value is -1.64. The molecule has 0 aromatic heterocycles. The lowest BCUT2D eigenvalue weighted by Crippen LogP contribution is -2.32. The highest BCUT2D eigenvalue weighted by atomic mass is 16.5. The van der Waals surface area contributed by atoms with Crippen LogP contribution in [0.4, 0.5) is 0 Å². The summed E-state index contributed by atoms with van der Waals surface area (Å²) in [4.78, 5) is 25.1. The van der Waals surface area contributed by atoms with Crippen molar-refractivity contribution in [2.24, 2.45) is 17.8 Å². The summed E-state index contributed by atoms with van der Waals surface area (Å²) in [5.41, 5.74) is 1.39. The molecule has 1 aromatic carbocycles. The average Bonchev–Trinajstić information content (AvgIpc) is 2.75. The molecule has 2 aliphatic rings. The molecule has 0 radical (unpaired) electrons. The molecule has 0 amide bonds. The summed E-state index contributed by atoms with van der Waals surface area (Å²) in [6.45, 7) is 5.11. The lowest BCUT2D eigenvalue weighted by atomic mass is 9.73. The number of benzene rings is 1. The van der Waals surface area contributed by atoms with E-state index in [2.05, 4.69) is 38.1 Å². The number of ketones is 2. The van der Waals surface area contributed by atoms with Crippen molar-refractivity contribution in [3.63, 3.8) is 0 Å². The minimum absolute atomic E-state index is 0.211. The molecule has 1 aromatic rings. The van der Waals surface area contributed by atoms with Crippen molar-refractivity contribution in [3.05, 3.63) is 29.8 Å². The Morgan fingerprint density at radius 1 is 0.966 bits per heavy atom. The molecule has 0 heterocycles. The predicted octanol–water partition coefficient (Wildman–Crippen LogP) is 6.49. The van der Waals surface area contributed by atoms with Crippen LogP contribution < -0.4 is 4.74 Å². The maximum absolute atomic E-state index is 12.7. The number of hydrogen-bond acceptors (Lipinski definition) is 3. The summed E-state index contributed by atoms with van der Waals surface area (Å²) >= 11 is 0. The van der Waals surface area contributed by atoms with Gasteiger partial charge >= 0.3 is 0 Å². The lowest BCUT2D eigenvalue weighted by Gasteiger charge is -2.30.